The van der Waals surface area contributed by atoms with E-state index in [0.717, 1.165) is 17.5 Å². The van der Waals surface area contributed by atoms with Gasteiger partial charge in [0.25, 0.3) is 0 Å². The van der Waals surface area contributed by atoms with Crippen LogP contribution in [0, 0.1) is 0 Å². The van der Waals surface area contributed by atoms with Crippen LogP contribution in [0.15, 0.2) is 24.3 Å². The van der Waals surface area contributed by atoms with Crippen LogP contribution >= 0.6 is 0 Å². The fraction of sp³-hybridized carbons (Fsp3) is 0.200. The van der Waals surface area contributed by atoms with Crippen LogP contribution in [-0.4, -0.2) is 0 Å². The zero-order valence-electron chi connectivity index (χ0n) is 7.07. The Hall–Kier alpha value is -1.32. The molecule has 1 aliphatic rings. The van der Waals surface area contributed by atoms with Crippen LogP contribution in [0.5, 0.6) is 5.75 Å². The summed E-state index contributed by atoms with van der Waals surface area (Å²) in [7, 11) is 0. The van der Waals surface area contributed by atoms with Gasteiger partial charge in [-0.15, -0.1) is 5.75 Å². The van der Waals surface area contributed by atoms with Crippen molar-refractivity contribution in [3.05, 3.63) is 35.4 Å². The van der Waals surface area contributed by atoms with Crippen LogP contribution in [0.4, 0.5) is 0 Å². The van der Waals surface area contributed by atoms with Gasteiger partial charge in [-0.1, -0.05) is 30.4 Å². The third kappa shape index (κ3) is 1.43. The molecule has 1 unspecified atom stereocenters. The molecule has 1 aromatic carbocycles. The van der Waals surface area contributed by atoms with Gasteiger partial charge in [-0.05, 0) is 17.5 Å². The van der Waals surface area contributed by atoms with Gasteiger partial charge in [-0.3, -0.25) is 4.84 Å². The molecule has 1 aliphatic carbocycles. The van der Waals surface area contributed by atoms with E-state index in [9.17, 15) is 5.11 Å². The Balaban J connectivity index is 2.48. The molecule has 0 saturated carbocycles. The van der Waals surface area contributed by atoms with Crippen LogP contribution in [-0.2, 0) is 4.84 Å². The summed E-state index contributed by atoms with van der Waals surface area (Å²) < 4.78 is 0. The molecule has 0 amide bonds. The molecule has 2 N–H and O–H groups in total. The molecule has 1 atom stereocenters. The standard InChI is InChI=1S/C10H11NO2/c11-13-10-3-1-2-7-4-5-8(12)6-9(7)10/h1-2,4-6,10,12H,3,11H2/p-1. The highest BCUT2D eigenvalue weighted by Gasteiger charge is 2.15. The number of benzene rings is 1. The Labute approximate surface area is 76.4 Å². The Kier molecular flexibility index (Phi) is 2.04. The summed E-state index contributed by atoms with van der Waals surface area (Å²) >= 11 is 0. The number of fused-ring (bicyclic) bond motifs is 1. The second-order valence-electron chi connectivity index (χ2n) is 3.05. The van der Waals surface area contributed by atoms with Gasteiger partial charge in [-0.2, -0.15) is 0 Å². The summed E-state index contributed by atoms with van der Waals surface area (Å²) in [5, 5.41) is 11.1. The molecule has 0 radical (unpaired) electrons. The first kappa shape index (κ1) is 8.29. The van der Waals surface area contributed by atoms with E-state index in [1.807, 2.05) is 12.2 Å². The van der Waals surface area contributed by atoms with Gasteiger partial charge in [0.1, 0.15) is 6.10 Å². The highest BCUT2D eigenvalue weighted by molar-refractivity contribution is 5.58. The van der Waals surface area contributed by atoms with Crippen molar-refractivity contribution in [3.63, 3.8) is 0 Å². The first-order chi connectivity index (χ1) is 6.31. The topological polar surface area (TPSA) is 58.3 Å². The van der Waals surface area contributed by atoms with Crippen molar-refractivity contribution in [2.45, 2.75) is 12.5 Å². The molecule has 0 fully saturated rings. The van der Waals surface area contributed by atoms with Crippen LogP contribution in [0.3, 0.4) is 0 Å². The quantitative estimate of drug-likeness (QED) is 0.652. The van der Waals surface area contributed by atoms with Crippen molar-refractivity contribution in [1.82, 2.24) is 0 Å². The smallest absolute Gasteiger partial charge is 0.108 e. The van der Waals surface area contributed by atoms with E-state index in [0.29, 0.717) is 0 Å². The van der Waals surface area contributed by atoms with E-state index >= 15 is 0 Å². The Bertz CT molecular complexity index is 347. The molecule has 0 bridgehead atoms. The Morgan fingerprint density at radius 1 is 1.46 bits per heavy atom. The summed E-state index contributed by atoms with van der Waals surface area (Å²) in [5.41, 5.74) is 1.90. The molecule has 3 heteroatoms. The Morgan fingerprint density at radius 2 is 2.31 bits per heavy atom. The fourth-order valence-electron chi connectivity index (χ4n) is 1.56. The lowest BCUT2D eigenvalue weighted by atomic mass is 9.95. The molecular weight excluding hydrogens is 166 g/mol. The van der Waals surface area contributed by atoms with Gasteiger partial charge >= 0.3 is 0 Å². The second kappa shape index (κ2) is 3.20. The second-order valence-corrected chi connectivity index (χ2v) is 3.05. The summed E-state index contributed by atoms with van der Waals surface area (Å²) in [6.07, 6.45) is 4.52. The summed E-state index contributed by atoms with van der Waals surface area (Å²) in [5.74, 6) is 5.13. The Morgan fingerprint density at radius 3 is 3.08 bits per heavy atom. The van der Waals surface area contributed by atoms with Crippen molar-refractivity contribution in [1.29, 1.82) is 0 Å². The van der Waals surface area contributed by atoms with Gasteiger partial charge in [0.2, 0.25) is 0 Å². The number of rotatable bonds is 1. The maximum atomic E-state index is 11.1. The SMILES string of the molecule is NOC1CC=Cc2ccc([O-])cc21. The molecule has 3 nitrogen and oxygen atoms in total. The number of hydrogen-bond donors (Lipinski definition) is 1. The number of hydrogen-bond acceptors (Lipinski definition) is 3. The third-order valence-corrected chi connectivity index (χ3v) is 2.22. The van der Waals surface area contributed by atoms with Crippen LogP contribution in [0.2, 0.25) is 0 Å². The maximum Gasteiger partial charge on any atom is 0.108 e. The molecule has 0 saturated heterocycles. The summed E-state index contributed by atoms with van der Waals surface area (Å²) in [6, 6.07) is 4.91. The normalized spacial score (nSPS) is 19.9. The van der Waals surface area contributed by atoms with Crippen molar-refractivity contribution in [3.8, 4) is 5.75 Å². The predicted molar refractivity (Wildman–Crippen MR) is 47.6 cm³/mol. The van der Waals surface area contributed by atoms with Gasteiger partial charge in [0.05, 0.1) is 0 Å². The van der Waals surface area contributed by atoms with E-state index in [4.69, 9.17) is 10.7 Å². The van der Waals surface area contributed by atoms with Crippen molar-refractivity contribution in [2.24, 2.45) is 5.90 Å². The lowest BCUT2D eigenvalue weighted by molar-refractivity contribution is -0.268. The highest BCUT2D eigenvalue weighted by atomic mass is 16.6. The maximum absolute atomic E-state index is 11.1. The summed E-state index contributed by atoms with van der Waals surface area (Å²) in [4.78, 5) is 4.78. The largest absolute Gasteiger partial charge is 0.872 e. The van der Waals surface area contributed by atoms with Crippen LogP contribution in [0.25, 0.3) is 6.08 Å². The zero-order valence-corrected chi connectivity index (χ0v) is 7.07. The van der Waals surface area contributed by atoms with Crippen molar-refractivity contribution >= 4 is 6.08 Å². The first-order valence-electron chi connectivity index (χ1n) is 4.14. The molecule has 0 heterocycles. The lowest BCUT2D eigenvalue weighted by Crippen LogP contribution is -2.12. The minimum Gasteiger partial charge on any atom is -0.872 e. The summed E-state index contributed by atoms with van der Waals surface area (Å²) in [6.45, 7) is 0. The van der Waals surface area contributed by atoms with Crippen LogP contribution in [0.1, 0.15) is 23.7 Å². The van der Waals surface area contributed by atoms with E-state index < -0.39 is 0 Å². The van der Waals surface area contributed by atoms with Gasteiger partial charge in [0.15, 0.2) is 0 Å². The molecule has 0 aliphatic heterocycles. The molecular formula is C10H10NO2-. The van der Waals surface area contributed by atoms with E-state index in [1.165, 1.54) is 0 Å². The third-order valence-electron chi connectivity index (χ3n) is 2.22. The zero-order chi connectivity index (χ0) is 9.26. The highest BCUT2D eigenvalue weighted by Crippen LogP contribution is 2.31. The van der Waals surface area contributed by atoms with Gasteiger partial charge in [-0.25, -0.2) is 5.90 Å². The molecule has 1 aromatic rings. The van der Waals surface area contributed by atoms with Crippen molar-refractivity contribution < 1.29 is 9.94 Å². The molecule has 2 rings (SSSR count). The molecule has 0 aromatic heterocycles. The fourth-order valence-corrected chi connectivity index (χ4v) is 1.56. The van der Waals surface area contributed by atoms with Gasteiger partial charge < -0.3 is 5.11 Å². The lowest BCUT2D eigenvalue weighted by Gasteiger charge is -2.21. The molecule has 68 valence electrons. The van der Waals surface area contributed by atoms with Crippen LogP contribution < -0.4 is 11.0 Å². The number of nitrogens with two attached hydrogens (primary N) is 1. The minimum absolute atomic E-state index is 0.00361. The monoisotopic (exact) mass is 176 g/mol. The predicted octanol–water partition coefficient (Wildman–Crippen LogP) is 1.11. The average Bonchev–Trinajstić information content (AvgIpc) is 2.17. The van der Waals surface area contributed by atoms with E-state index in [1.54, 1.807) is 18.2 Å². The van der Waals surface area contributed by atoms with Crippen molar-refractivity contribution in [2.75, 3.05) is 0 Å². The minimum atomic E-state index is -0.172. The van der Waals surface area contributed by atoms with E-state index in [2.05, 4.69) is 0 Å². The average molecular weight is 176 g/mol. The molecule has 13 heavy (non-hydrogen) atoms. The van der Waals surface area contributed by atoms with Gasteiger partial charge in [0, 0.05) is 0 Å². The van der Waals surface area contributed by atoms with E-state index in [-0.39, 0.29) is 11.9 Å². The first-order valence-corrected chi connectivity index (χ1v) is 4.14. The molecule has 0 spiro atoms.